The van der Waals surface area contributed by atoms with E-state index in [9.17, 15) is 0 Å². The van der Waals surface area contributed by atoms with Crippen LogP contribution in [0.3, 0.4) is 0 Å². The molecule has 0 radical (unpaired) electrons. The van der Waals surface area contributed by atoms with Gasteiger partial charge >= 0.3 is 0 Å². The van der Waals surface area contributed by atoms with Crippen molar-refractivity contribution in [2.45, 2.75) is 20.8 Å². The van der Waals surface area contributed by atoms with Crippen LogP contribution in [0.15, 0.2) is 36.5 Å². The molecule has 0 aromatic carbocycles. The fourth-order valence-electron chi connectivity index (χ4n) is 0.506. The first-order valence-electron chi connectivity index (χ1n) is 3.63. The van der Waals surface area contributed by atoms with Gasteiger partial charge in [0.25, 0.3) is 0 Å². The Bertz CT molecular complexity index is 149. The number of hydrogen-bond acceptors (Lipinski definition) is 0. The van der Waals surface area contributed by atoms with E-state index >= 15 is 0 Å². The van der Waals surface area contributed by atoms with Gasteiger partial charge in [0.2, 0.25) is 0 Å². The van der Waals surface area contributed by atoms with Gasteiger partial charge in [0.1, 0.15) is 0 Å². The van der Waals surface area contributed by atoms with E-state index in [1.54, 1.807) is 0 Å². The average Bonchev–Trinajstić information content (AvgIpc) is 1.88. The molecule has 0 aromatic rings. The Labute approximate surface area is 64.0 Å². The first-order valence-corrected chi connectivity index (χ1v) is 3.63. The van der Waals surface area contributed by atoms with Gasteiger partial charge in [0.05, 0.1) is 0 Å². The lowest BCUT2D eigenvalue weighted by Crippen LogP contribution is -1.87. The van der Waals surface area contributed by atoms with Crippen LogP contribution in [-0.2, 0) is 0 Å². The summed E-state index contributed by atoms with van der Waals surface area (Å²) in [6, 6.07) is 0. The van der Waals surface area contributed by atoms with Crippen LogP contribution in [-0.4, -0.2) is 0 Å². The van der Waals surface area contributed by atoms with Gasteiger partial charge in [0, 0.05) is 0 Å². The number of allylic oxidation sites excluding steroid dienone is 5. The third-order valence-electron chi connectivity index (χ3n) is 1.48. The largest absolute Gasteiger partial charge is 0.0996 e. The highest BCUT2D eigenvalue weighted by Gasteiger charge is 1.92. The lowest BCUT2D eigenvalue weighted by Gasteiger charge is -2.01. The van der Waals surface area contributed by atoms with Crippen LogP contribution in [0, 0.1) is 5.92 Å². The van der Waals surface area contributed by atoms with Gasteiger partial charge < -0.3 is 0 Å². The summed E-state index contributed by atoms with van der Waals surface area (Å²) in [7, 11) is 0. The van der Waals surface area contributed by atoms with Crippen molar-refractivity contribution in [2.24, 2.45) is 5.92 Å². The van der Waals surface area contributed by atoms with Crippen molar-refractivity contribution in [3.8, 4) is 0 Å². The fourth-order valence-corrected chi connectivity index (χ4v) is 0.506. The third-order valence-corrected chi connectivity index (χ3v) is 1.48. The van der Waals surface area contributed by atoms with Crippen LogP contribution in [0.25, 0.3) is 0 Å². The molecule has 0 fully saturated rings. The lowest BCUT2D eigenvalue weighted by atomic mass is 10.0. The van der Waals surface area contributed by atoms with Crippen molar-refractivity contribution >= 4 is 0 Å². The second kappa shape index (κ2) is 5.04. The molecule has 0 aliphatic carbocycles. The van der Waals surface area contributed by atoms with E-state index in [1.165, 1.54) is 5.57 Å². The normalized spacial score (nSPS) is 14.7. The lowest BCUT2D eigenvalue weighted by molar-refractivity contribution is 0.868. The Morgan fingerprint density at radius 2 is 2.00 bits per heavy atom. The first-order chi connectivity index (χ1) is 4.68. The first kappa shape index (κ1) is 9.22. The molecule has 0 N–H and O–H groups in total. The molecule has 0 aromatic heterocycles. The summed E-state index contributed by atoms with van der Waals surface area (Å²) in [5.41, 5.74) is 1.21. The fraction of sp³-hybridized carbons (Fsp3) is 0.400. The maximum Gasteiger partial charge on any atom is -0.00540 e. The van der Waals surface area contributed by atoms with Crippen molar-refractivity contribution in [2.75, 3.05) is 0 Å². The zero-order valence-corrected chi connectivity index (χ0v) is 7.09. The van der Waals surface area contributed by atoms with E-state index in [0.717, 1.165) is 0 Å². The van der Waals surface area contributed by atoms with E-state index in [4.69, 9.17) is 0 Å². The summed E-state index contributed by atoms with van der Waals surface area (Å²) in [6.07, 6.45) is 8.24. The smallest absolute Gasteiger partial charge is 0.00540 e. The maximum absolute atomic E-state index is 3.86. The molecular weight excluding hydrogens is 120 g/mol. The zero-order chi connectivity index (χ0) is 7.98. The van der Waals surface area contributed by atoms with Crippen molar-refractivity contribution in [3.05, 3.63) is 36.5 Å². The van der Waals surface area contributed by atoms with E-state index < -0.39 is 0 Å². The Balaban J connectivity index is 3.77. The molecule has 0 rings (SSSR count). The molecule has 0 bridgehead atoms. The second-order valence-corrected chi connectivity index (χ2v) is 2.55. The van der Waals surface area contributed by atoms with Crippen LogP contribution in [0.4, 0.5) is 0 Å². The topological polar surface area (TPSA) is 0 Å². The minimum Gasteiger partial charge on any atom is -0.0996 e. The third kappa shape index (κ3) is 4.13. The highest BCUT2D eigenvalue weighted by molar-refractivity contribution is 5.10. The molecule has 0 spiro atoms. The highest BCUT2D eigenvalue weighted by atomic mass is 14.0. The maximum atomic E-state index is 3.86. The van der Waals surface area contributed by atoms with Crippen molar-refractivity contribution in [1.29, 1.82) is 0 Å². The molecule has 56 valence electrons. The molecule has 0 saturated carbocycles. The summed E-state index contributed by atoms with van der Waals surface area (Å²) < 4.78 is 0. The molecule has 0 amide bonds. The van der Waals surface area contributed by atoms with E-state index in [2.05, 4.69) is 25.7 Å². The quantitative estimate of drug-likeness (QED) is 0.412. The Kier molecular flexibility index (Phi) is 4.65. The second-order valence-electron chi connectivity index (χ2n) is 2.55. The summed E-state index contributed by atoms with van der Waals surface area (Å²) in [5, 5.41) is 0. The van der Waals surface area contributed by atoms with Crippen LogP contribution >= 0.6 is 0 Å². The summed E-state index contributed by atoms with van der Waals surface area (Å²) in [5.74, 6) is 0.496. The highest BCUT2D eigenvalue weighted by Crippen LogP contribution is 2.07. The van der Waals surface area contributed by atoms with Gasteiger partial charge in [0.15, 0.2) is 0 Å². The monoisotopic (exact) mass is 136 g/mol. The minimum atomic E-state index is 0.496. The summed E-state index contributed by atoms with van der Waals surface area (Å²) in [4.78, 5) is 0. The van der Waals surface area contributed by atoms with Crippen molar-refractivity contribution in [3.63, 3.8) is 0 Å². The van der Waals surface area contributed by atoms with Gasteiger partial charge in [-0.2, -0.15) is 0 Å². The van der Waals surface area contributed by atoms with E-state index in [1.807, 2.05) is 26.0 Å². The van der Waals surface area contributed by atoms with Gasteiger partial charge in [-0.3, -0.25) is 0 Å². The zero-order valence-electron chi connectivity index (χ0n) is 7.09. The van der Waals surface area contributed by atoms with Gasteiger partial charge in [-0.25, -0.2) is 0 Å². The van der Waals surface area contributed by atoms with Crippen LogP contribution in [0.2, 0.25) is 0 Å². The minimum absolute atomic E-state index is 0.496. The van der Waals surface area contributed by atoms with Crippen molar-refractivity contribution in [1.82, 2.24) is 0 Å². The SMILES string of the molecule is C=C(C)C(C)C=CC=CC. The molecular formula is C10H16. The van der Waals surface area contributed by atoms with Crippen LogP contribution in [0.5, 0.6) is 0 Å². The molecule has 1 atom stereocenters. The van der Waals surface area contributed by atoms with E-state index in [-0.39, 0.29) is 0 Å². The molecule has 1 unspecified atom stereocenters. The summed E-state index contributed by atoms with van der Waals surface area (Å²) in [6.45, 7) is 10.1. The number of hydrogen-bond donors (Lipinski definition) is 0. The Hall–Kier alpha value is -0.780. The molecule has 0 saturated heterocycles. The molecule has 0 aliphatic heterocycles. The van der Waals surface area contributed by atoms with Gasteiger partial charge in [-0.15, -0.1) is 0 Å². The number of rotatable bonds is 3. The van der Waals surface area contributed by atoms with Crippen LogP contribution < -0.4 is 0 Å². The average molecular weight is 136 g/mol. The van der Waals surface area contributed by atoms with Crippen molar-refractivity contribution < 1.29 is 0 Å². The Morgan fingerprint density at radius 1 is 1.40 bits per heavy atom. The van der Waals surface area contributed by atoms with E-state index in [0.29, 0.717) is 5.92 Å². The predicted octanol–water partition coefficient (Wildman–Crippen LogP) is 3.33. The summed E-state index contributed by atoms with van der Waals surface area (Å²) >= 11 is 0. The molecule has 0 aliphatic rings. The molecule has 0 heteroatoms. The van der Waals surface area contributed by atoms with Gasteiger partial charge in [-0.1, -0.05) is 43.4 Å². The standard InChI is InChI=1S/C10H16/c1-5-6-7-8-10(4)9(2)3/h5-8,10H,2H2,1,3-4H3. The van der Waals surface area contributed by atoms with Gasteiger partial charge in [-0.05, 0) is 19.8 Å². The Morgan fingerprint density at radius 3 is 2.40 bits per heavy atom. The molecule has 0 heterocycles. The predicted molar refractivity (Wildman–Crippen MR) is 47.9 cm³/mol. The van der Waals surface area contributed by atoms with Crippen LogP contribution in [0.1, 0.15) is 20.8 Å². The molecule has 10 heavy (non-hydrogen) atoms. The molecule has 0 nitrogen and oxygen atoms in total.